The number of carbonyl (C=O) groups excluding carboxylic acids is 2. The number of fused-ring (bicyclic) bond motifs is 1. The van der Waals surface area contributed by atoms with E-state index in [0.29, 0.717) is 6.54 Å². The van der Waals surface area contributed by atoms with E-state index in [1.807, 2.05) is 48.6 Å². The van der Waals surface area contributed by atoms with Gasteiger partial charge >= 0.3 is 0 Å². The normalized spacial score (nSPS) is 20.1. The Morgan fingerprint density at radius 1 is 1.03 bits per heavy atom. The molecule has 5 rings (SSSR count). The van der Waals surface area contributed by atoms with Gasteiger partial charge in [-0.1, -0.05) is 43.5 Å². The number of likely N-dealkylation sites (tertiary alicyclic amines) is 1. The van der Waals surface area contributed by atoms with Gasteiger partial charge in [0.2, 0.25) is 11.8 Å². The zero-order valence-corrected chi connectivity index (χ0v) is 21.8. The van der Waals surface area contributed by atoms with Gasteiger partial charge in [0.1, 0.15) is 6.04 Å². The van der Waals surface area contributed by atoms with Crippen molar-refractivity contribution < 1.29 is 9.59 Å². The number of nitrogens with one attached hydrogen (secondary N) is 2. The van der Waals surface area contributed by atoms with Crippen LogP contribution in [0.2, 0.25) is 0 Å². The molecule has 7 heteroatoms. The van der Waals surface area contributed by atoms with Crippen molar-refractivity contribution in [2.75, 3.05) is 13.6 Å². The van der Waals surface area contributed by atoms with E-state index in [2.05, 4.69) is 38.8 Å². The van der Waals surface area contributed by atoms with Gasteiger partial charge in [-0.3, -0.25) is 19.6 Å². The molecule has 2 aromatic heterocycles. The summed E-state index contributed by atoms with van der Waals surface area (Å²) in [6.07, 6.45) is 12.8. The second-order valence-corrected chi connectivity index (χ2v) is 10.5. The number of likely N-dealkylation sites (N-methyl/N-ethyl adjacent to an activating group) is 1. The smallest absolute Gasteiger partial charge is 0.245 e. The Balaban J connectivity index is 1.43. The molecule has 2 aliphatic rings. The van der Waals surface area contributed by atoms with Gasteiger partial charge in [0.05, 0.1) is 17.8 Å². The topological polar surface area (TPSA) is 87.2 Å². The SMILES string of the molecule is CN[C@@H](C)C(=O)N[C@H](C(=O)N1CCC[C@@H]1c1ccnc(-c2cncc3ccccc23)c1)C1CCCCC1. The summed E-state index contributed by atoms with van der Waals surface area (Å²) in [6.45, 7) is 2.54. The van der Waals surface area contributed by atoms with Gasteiger partial charge < -0.3 is 15.5 Å². The average molecular weight is 500 g/mol. The molecule has 3 aromatic rings. The zero-order chi connectivity index (χ0) is 25.8. The third kappa shape index (κ3) is 5.37. The largest absolute Gasteiger partial charge is 0.343 e. The summed E-state index contributed by atoms with van der Waals surface area (Å²) in [5, 5.41) is 8.32. The lowest BCUT2D eigenvalue weighted by Crippen LogP contribution is -2.55. The molecular weight excluding hydrogens is 462 g/mol. The number of rotatable bonds is 7. The highest BCUT2D eigenvalue weighted by Gasteiger charge is 2.39. The van der Waals surface area contributed by atoms with Crippen molar-refractivity contribution in [1.29, 1.82) is 0 Å². The van der Waals surface area contributed by atoms with Gasteiger partial charge in [-0.25, -0.2) is 0 Å². The molecule has 37 heavy (non-hydrogen) atoms. The number of nitrogens with zero attached hydrogens (tertiary/aromatic N) is 3. The number of aromatic nitrogens is 2. The number of pyridine rings is 2. The van der Waals surface area contributed by atoms with Crippen molar-refractivity contribution in [3.05, 3.63) is 60.6 Å². The van der Waals surface area contributed by atoms with Crippen molar-refractivity contribution >= 4 is 22.6 Å². The molecule has 0 unspecified atom stereocenters. The van der Waals surface area contributed by atoms with Crippen LogP contribution in [-0.2, 0) is 9.59 Å². The van der Waals surface area contributed by atoms with Crippen molar-refractivity contribution in [3.8, 4) is 11.3 Å². The molecule has 2 fully saturated rings. The molecule has 3 atom stereocenters. The van der Waals surface area contributed by atoms with E-state index in [9.17, 15) is 9.59 Å². The number of benzene rings is 1. The number of hydrogen-bond acceptors (Lipinski definition) is 5. The first-order valence-electron chi connectivity index (χ1n) is 13.6. The second kappa shape index (κ2) is 11.4. The van der Waals surface area contributed by atoms with E-state index in [0.717, 1.165) is 66.1 Å². The van der Waals surface area contributed by atoms with Crippen LogP contribution in [0, 0.1) is 5.92 Å². The molecule has 1 saturated heterocycles. The molecule has 0 bridgehead atoms. The predicted molar refractivity (Wildman–Crippen MR) is 146 cm³/mol. The number of amides is 2. The summed E-state index contributed by atoms with van der Waals surface area (Å²) >= 11 is 0. The fraction of sp³-hybridized carbons (Fsp3) is 0.467. The van der Waals surface area contributed by atoms with Crippen LogP contribution >= 0.6 is 0 Å². The molecular formula is C30H37N5O2. The summed E-state index contributed by atoms with van der Waals surface area (Å²) in [4.78, 5) is 38.0. The molecule has 2 amide bonds. The van der Waals surface area contributed by atoms with Gasteiger partial charge in [-0.05, 0) is 68.7 Å². The van der Waals surface area contributed by atoms with Crippen LogP contribution in [0.15, 0.2) is 55.0 Å². The Morgan fingerprint density at radius 3 is 2.65 bits per heavy atom. The van der Waals surface area contributed by atoms with Gasteiger partial charge in [0.15, 0.2) is 0 Å². The van der Waals surface area contributed by atoms with Crippen LogP contribution in [0.1, 0.15) is 63.5 Å². The Morgan fingerprint density at radius 2 is 1.84 bits per heavy atom. The summed E-state index contributed by atoms with van der Waals surface area (Å²) < 4.78 is 0. The lowest BCUT2D eigenvalue weighted by molar-refractivity contribution is -0.139. The van der Waals surface area contributed by atoms with E-state index in [1.54, 1.807) is 7.05 Å². The maximum atomic E-state index is 14.1. The zero-order valence-electron chi connectivity index (χ0n) is 21.8. The quantitative estimate of drug-likeness (QED) is 0.495. The van der Waals surface area contributed by atoms with E-state index < -0.39 is 6.04 Å². The summed E-state index contributed by atoms with van der Waals surface area (Å²) in [7, 11) is 1.77. The standard InChI is InChI=1S/C30H37N5O2/c1-20(31-2)29(36)34-28(21-9-4-3-5-10-21)30(37)35-16-8-13-27(35)22-14-15-33-26(17-22)25-19-32-18-23-11-6-7-12-24(23)25/h6-7,11-12,14-15,17-21,27-28,31H,3-5,8-10,13,16H2,1-2H3,(H,34,36)/t20-,27+,28-/m0/s1. The molecule has 0 radical (unpaired) electrons. The fourth-order valence-corrected chi connectivity index (χ4v) is 5.94. The van der Waals surface area contributed by atoms with E-state index >= 15 is 0 Å². The number of carbonyl (C=O) groups is 2. The van der Waals surface area contributed by atoms with Gasteiger partial charge in [0.25, 0.3) is 0 Å². The first kappa shape index (κ1) is 25.3. The highest BCUT2D eigenvalue weighted by Crippen LogP contribution is 2.36. The summed E-state index contributed by atoms with van der Waals surface area (Å²) in [5.74, 6) is 0.123. The molecule has 0 spiro atoms. The van der Waals surface area contributed by atoms with Crippen molar-refractivity contribution in [2.24, 2.45) is 5.92 Å². The minimum Gasteiger partial charge on any atom is -0.343 e. The van der Waals surface area contributed by atoms with Crippen molar-refractivity contribution in [2.45, 2.75) is 70.0 Å². The molecule has 1 aliphatic heterocycles. The van der Waals surface area contributed by atoms with Crippen LogP contribution in [0.3, 0.4) is 0 Å². The molecule has 1 saturated carbocycles. The first-order chi connectivity index (χ1) is 18.1. The third-order valence-corrected chi connectivity index (χ3v) is 8.16. The minimum absolute atomic E-state index is 0.0260. The molecule has 1 aliphatic carbocycles. The van der Waals surface area contributed by atoms with Gasteiger partial charge in [-0.15, -0.1) is 0 Å². The maximum Gasteiger partial charge on any atom is 0.245 e. The highest BCUT2D eigenvalue weighted by atomic mass is 16.2. The van der Waals surface area contributed by atoms with Crippen molar-refractivity contribution in [1.82, 2.24) is 25.5 Å². The Labute approximate surface area is 219 Å². The van der Waals surface area contributed by atoms with E-state index in [-0.39, 0.29) is 29.8 Å². The molecule has 2 N–H and O–H groups in total. The molecule has 194 valence electrons. The highest BCUT2D eigenvalue weighted by molar-refractivity contribution is 5.95. The molecule has 1 aromatic carbocycles. The molecule has 3 heterocycles. The average Bonchev–Trinajstić information content (AvgIpc) is 3.45. The minimum atomic E-state index is -0.479. The van der Waals surface area contributed by atoms with Crippen molar-refractivity contribution in [3.63, 3.8) is 0 Å². The van der Waals surface area contributed by atoms with Crippen LogP contribution in [0.25, 0.3) is 22.0 Å². The van der Waals surface area contributed by atoms with E-state index in [1.165, 1.54) is 6.42 Å². The van der Waals surface area contributed by atoms with Gasteiger partial charge in [0, 0.05) is 36.1 Å². The monoisotopic (exact) mass is 499 g/mol. The Kier molecular flexibility index (Phi) is 7.79. The van der Waals surface area contributed by atoms with Crippen LogP contribution in [0.5, 0.6) is 0 Å². The van der Waals surface area contributed by atoms with Crippen LogP contribution < -0.4 is 10.6 Å². The third-order valence-electron chi connectivity index (χ3n) is 8.16. The first-order valence-corrected chi connectivity index (χ1v) is 13.6. The number of hydrogen-bond donors (Lipinski definition) is 2. The fourth-order valence-electron chi connectivity index (χ4n) is 5.94. The lowest BCUT2D eigenvalue weighted by atomic mass is 9.83. The van der Waals surface area contributed by atoms with E-state index in [4.69, 9.17) is 0 Å². The predicted octanol–water partition coefficient (Wildman–Crippen LogP) is 4.63. The Hall–Kier alpha value is -3.32. The summed E-state index contributed by atoms with van der Waals surface area (Å²) in [6, 6.07) is 11.5. The lowest BCUT2D eigenvalue weighted by Gasteiger charge is -2.35. The maximum absolute atomic E-state index is 14.1. The van der Waals surface area contributed by atoms with Crippen LogP contribution in [0.4, 0.5) is 0 Å². The molecule has 7 nitrogen and oxygen atoms in total. The summed E-state index contributed by atoms with van der Waals surface area (Å²) in [5.41, 5.74) is 2.94. The second-order valence-electron chi connectivity index (χ2n) is 10.5. The Bertz CT molecular complexity index is 1250. The van der Waals surface area contributed by atoms with Gasteiger partial charge in [-0.2, -0.15) is 0 Å². The van der Waals surface area contributed by atoms with Crippen LogP contribution in [-0.4, -0.2) is 52.4 Å².